The zero-order valence-electron chi connectivity index (χ0n) is 14.0. The number of unbranched alkanes of at least 4 members (excludes halogenated alkanes) is 1. The highest BCUT2D eigenvalue weighted by atomic mass is 32.2. The number of carbonyl (C=O) groups excluding carboxylic acids is 2. The Morgan fingerprint density at radius 3 is 2.42 bits per heavy atom. The van der Waals surface area contributed by atoms with Crippen molar-refractivity contribution in [2.45, 2.75) is 44.9 Å². The second-order valence-corrected chi connectivity index (χ2v) is 7.31. The average Bonchev–Trinajstić information content (AvgIpc) is 2.54. The minimum Gasteiger partial charge on any atom is -0.423 e. The molecule has 0 N–H and O–H groups in total. The van der Waals surface area contributed by atoms with Crippen LogP contribution < -0.4 is 0 Å². The van der Waals surface area contributed by atoms with E-state index < -0.39 is 21.8 Å². The number of likely N-dealkylation sites (N-methyl/N-ethyl adjacent to an activating group) is 1. The summed E-state index contributed by atoms with van der Waals surface area (Å²) in [5.41, 5.74) is 0.151. The summed E-state index contributed by atoms with van der Waals surface area (Å²) in [6.45, 7) is 4.92. The van der Waals surface area contributed by atoms with Gasteiger partial charge in [-0.25, -0.2) is 8.42 Å². The lowest BCUT2D eigenvalue weighted by molar-refractivity contribution is -0.136. The predicted molar refractivity (Wildman–Crippen MR) is 89.2 cm³/mol. The number of ketones is 1. The Balaban J connectivity index is 2.64. The number of hydrogen-bond donors (Lipinski definition) is 0. The molecule has 0 atom stereocenters. The number of rotatable bonds is 6. The van der Waals surface area contributed by atoms with Gasteiger partial charge in [-0.15, -0.1) is 0 Å². The minimum absolute atomic E-state index is 0.0240. The molecule has 0 fully saturated rings. The molecular formula is C17H21NO5S. The Bertz CT molecular complexity index is 795. The molecule has 0 saturated heterocycles. The lowest BCUT2D eigenvalue weighted by atomic mass is 10.1. The largest absolute Gasteiger partial charge is 0.423 e. The van der Waals surface area contributed by atoms with Gasteiger partial charge in [-0.2, -0.15) is 0 Å². The van der Waals surface area contributed by atoms with Crippen LogP contribution in [0.1, 0.15) is 45.6 Å². The van der Waals surface area contributed by atoms with E-state index in [-0.39, 0.29) is 34.9 Å². The van der Waals surface area contributed by atoms with Crippen molar-refractivity contribution in [3.05, 3.63) is 35.5 Å². The average molecular weight is 351 g/mol. The number of hydrogen-bond acceptors (Lipinski definition) is 5. The number of nitrogens with zero attached hydrogens (tertiary/aromatic N) is 1. The van der Waals surface area contributed by atoms with E-state index in [9.17, 15) is 18.0 Å². The first-order valence-corrected chi connectivity index (χ1v) is 9.36. The van der Waals surface area contributed by atoms with Crippen molar-refractivity contribution in [2.24, 2.45) is 0 Å². The van der Waals surface area contributed by atoms with E-state index in [0.717, 1.165) is 10.7 Å². The molecule has 2 rings (SSSR count). The molecule has 24 heavy (non-hydrogen) atoms. The highest BCUT2D eigenvalue weighted by molar-refractivity contribution is 7.89. The second kappa shape index (κ2) is 7.17. The van der Waals surface area contributed by atoms with E-state index in [2.05, 4.69) is 0 Å². The Morgan fingerprint density at radius 2 is 1.83 bits per heavy atom. The Hall–Kier alpha value is -2.15. The quantitative estimate of drug-likeness (QED) is 0.736. The Morgan fingerprint density at radius 1 is 1.17 bits per heavy atom. The second-order valence-electron chi connectivity index (χ2n) is 5.48. The van der Waals surface area contributed by atoms with Crippen LogP contribution >= 0.6 is 0 Å². The summed E-state index contributed by atoms with van der Waals surface area (Å²) in [6.07, 6.45) is 1.71. The van der Waals surface area contributed by atoms with Crippen LogP contribution in [0, 0.1) is 0 Å². The van der Waals surface area contributed by atoms with Crippen molar-refractivity contribution in [1.29, 1.82) is 0 Å². The molecule has 0 amide bonds. The summed E-state index contributed by atoms with van der Waals surface area (Å²) in [4.78, 5) is 24.2. The van der Waals surface area contributed by atoms with E-state index in [0.29, 0.717) is 6.42 Å². The summed E-state index contributed by atoms with van der Waals surface area (Å²) in [5, 5.41) is 0. The molecule has 130 valence electrons. The van der Waals surface area contributed by atoms with Crippen LogP contribution in [0.3, 0.4) is 0 Å². The van der Waals surface area contributed by atoms with E-state index in [4.69, 9.17) is 4.74 Å². The molecular weight excluding hydrogens is 330 g/mol. The molecule has 1 heterocycles. The molecule has 0 aromatic heterocycles. The monoisotopic (exact) mass is 351 g/mol. The van der Waals surface area contributed by atoms with Gasteiger partial charge in [-0.3, -0.25) is 13.9 Å². The van der Waals surface area contributed by atoms with Gasteiger partial charge in [0.25, 0.3) is 10.0 Å². The highest BCUT2D eigenvalue weighted by Crippen LogP contribution is 2.37. The third-order valence-corrected chi connectivity index (χ3v) is 5.67. The first kappa shape index (κ1) is 18.2. The number of Topliss-reactive ketones (excluding diaryl/α,β-unsaturated/α-hetero) is 1. The molecule has 0 aliphatic carbocycles. The molecule has 1 aromatic rings. The van der Waals surface area contributed by atoms with Gasteiger partial charge in [0.1, 0.15) is 5.70 Å². The standard InChI is InChI=1S/C17H21NO5S/c1-4-6-11-15(20)23-17-13-9-7-8-10-14(13)24(21,22)18(5-2)16(17)12(3)19/h7-10H,4-6,11H2,1-3H3. The number of carbonyl (C=O) groups is 2. The molecule has 1 aliphatic rings. The molecule has 0 radical (unpaired) electrons. The summed E-state index contributed by atoms with van der Waals surface area (Å²) >= 11 is 0. The van der Waals surface area contributed by atoms with E-state index >= 15 is 0 Å². The third kappa shape index (κ3) is 3.21. The molecule has 6 nitrogen and oxygen atoms in total. The maximum atomic E-state index is 12.8. The van der Waals surface area contributed by atoms with Gasteiger partial charge >= 0.3 is 5.97 Å². The Labute approximate surface area is 142 Å². The smallest absolute Gasteiger partial charge is 0.311 e. The normalized spacial score (nSPS) is 15.9. The number of benzene rings is 1. The van der Waals surface area contributed by atoms with E-state index in [1.165, 1.54) is 13.0 Å². The predicted octanol–water partition coefficient (Wildman–Crippen LogP) is 2.70. The van der Waals surface area contributed by atoms with Gasteiger partial charge in [-0.05, 0) is 25.5 Å². The fourth-order valence-electron chi connectivity index (χ4n) is 2.61. The van der Waals surface area contributed by atoms with Gasteiger partial charge < -0.3 is 4.74 Å². The summed E-state index contributed by atoms with van der Waals surface area (Å²) in [5.74, 6) is -0.917. The van der Waals surface area contributed by atoms with Gasteiger partial charge in [0, 0.05) is 25.5 Å². The van der Waals surface area contributed by atoms with Crippen LogP contribution in [-0.2, 0) is 24.3 Å². The molecule has 7 heteroatoms. The van der Waals surface area contributed by atoms with Crippen molar-refractivity contribution >= 4 is 27.5 Å². The highest BCUT2D eigenvalue weighted by Gasteiger charge is 2.39. The van der Waals surface area contributed by atoms with Crippen LogP contribution in [0.25, 0.3) is 5.76 Å². The molecule has 0 saturated carbocycles. The summed E-state index contributed by atoms with van der Waals surface area (Å²) < 4.78 is 31.9. The van der Waals surface area contributed by atoms with Crippen LogP contribution in [0.4, 0.5) is 0 Å². The Kier molecular flexibility index (Phi) is 5.43. The van der Waals surface area contributed by atoms with E-state index in [1.807, 2.05) is 6.92 Å². The van der Waals surface area contributed by atoms with Crippen LogP contribution in [0.15, 0.2) is 34.9 Å². The summed E-state index contributed by atoms with van der Waals surface area (Å²) in [6, 6.07) is 6.24. The van der Waals surface area contributed by atoms with Crippen molar-refractivity contribution in [3.8, 4) is 0 Å². The molecule has 1 aliphatic heterocycles. The maximum Gasteiger partial charge on any atom is 0.311 e. The van der Waals surface area contributed by atoms with Crippen LogP contribution in [-0.4, -0.2) is 31.0 Å². The third-order valence-electron chi connectivity index (χ3n) is 3.74. The molecule has 0 bridgehead atoms. The summed E-state index contributed by atoms with van der Waals surface area (Å²) in [7, 11) is -3.85. The topological polar surface area (TPSA) is 80.8 Å². The van der Waals surface area contributed by atoms with Crippen molar-refractivity contribution in [1.82, 2.24) is 4.31 Å². The fourth-order valence-corrected chi connectivity index (χ4v) is 4.33. The van der Waals surface area contributed by atoms with Crippen molar-refractivity contribution in [2.75, 3.05) is 6.54 Å². The van der Waals surface area contributed by atoms with E-state index in [1.54, 1.807) is 25.1 Å². The first-order chi connectivity index (χ1) is 11.3. The van der Waals surface area contributed by atoms with Gasteiger partial charge in [0.05, 0.1) is 4.90 Å². The molecule has 1 aromatic carbocycles. The van der Waals surface area contributed by atoms with Crippen LogP contribution in [0.5, 0.6) is 0 Å². The van der Waals surface area contributed by atoms with Gasteiger partial charge in [0.2, 0.25) is 0 Å². The zero-order chi connectivity index (χ0) is 17.9. The lowest BCUT2D eigenvalue weighted by Crippen LogP contribution is -2.38. The zero-order valence-corrected chi connectivity index (χ0v) is 14.9. The first-order valence-electron chi connectivity index (χ1n) is 7.92. The SMILES string of the molecule is CCCCC(=O)OC1=C(C(C)=O)N(CC)S(=O)(=O)c2ccccc21. The number of esters is 1. The lowest BCUT2D eigenvalue weighted by Gasteiger charge is -2.31. The minimum atomic E-state index is -3.85. The number of allylic oxidation sites excluding steroid dienone is 1. The maximum absolute atomic E-state index is 12.8. The van der Waals surface area contributed by atoms with Crippen molar-refractivity contribution < 1.29 is 22.7 Å². The van der Waals surface area contributed by atoms with Crippen molar-refractivity contribution in [3.63, 3.8) is 0 Å². The number of fused-ring (bicyclic) bond motifs is 1. The number of sulfonamides is 1. The molecule has 0 spiro atoms. The number of ether oxygens (including phenoxy) is 1. The molecule has 0 unspecified atom stereocenters. The fraction of sp³-hybridized carbons (Fsp3) is 0.412. The van der Waals surface area contributed by atoms with Gasteiger partial charge in [-0.1, -0.05) is 25.5 Å². The van der Waals surface area contributed by atoms with Crippen LogP contribution in [0.2, 0.25) is 0 Å². The van der Waals surface area contributed by atoms with Gasteiger partial charge in [0.15, 0.2) is 11.5 Å².